The summed E-state index contributed by atoms with van der Waals surface area (Å²) in [7, 11) is -3.37. The van der Waals surface area contributed by atoms with Crippen LogP contribution in [0.15, 0.2) is 0 Å². The van der Waals surface area contributed by atoms with Gasteiger partial charge in [0.15, 0.2) is 0 Å². The van der Waals surface area contributed by atoms with E-state index in [9.17, 15) is 8.42 Å². The van der Waals surface area contributed by atoms with E-state index in [2.05, 4.69) is 32.4 Å². The van der Waals surface area contributed by atoms with Crippen LogP contribution in [0.1, 0.15) is 40.5 Å². The largest absolute Gasteiger partial charge is 0.329 e. The highest BCUT2D eigenvalue weighted by molar-refractivity contribution is 7.87. The van der Waals surface area contributed by atoms with Crippen LogP contribution in [0, 0.1) is 11.8 Å². The predicted molar refractivity (Wildman–Crippen MR) is 83.7 cm³/mol. The topological polar surface area (TPSA) is 75.4 Å². The van der Waals surface area contributed by atoms with Gasteiger partial charge in [0.2, 0.25) is 0 Å². The van der Waals surface area contributed by atoms with E-state index in [-0.39, 0.29) is 12.4 Å². The third-order valence-electron chi connectivity index (χ3n) is 2.68. The molecule has 0 aliphatic carbocycles. The van der Waals surface area contributed by atoms with Crippen LogP contribution in [0.5, 0.6) is 0 Å². The summed E-state index contributed by atoms with van der Waals surface area (Å²) in [5, 5.41) is 0. The lowest BCUT2D eigenvalue weighted by Crippen LogP contribution is -2.43. The van der Waals surface area contributed by atoms with Gasteiger partial charge in [-0.1, -0.05) is 27.7 Å². The molecule has 0 aliphatic rings. The molecular formula is C12H30ClN3O2S. The summed E-state index contributed by atoms with van der Waals surface area (Å²) in [6.07, 6.45) is 1.75. The second-order valence-electron chi connectivity index (χ2n) is 5.45. The van der Waals surface area contributed by atoms with Gasteiger partial charge < -0.3 is 5.73 Å². The van der Waals surface area contributed by atoms with Crippen molar-refractivity contribution in [2.75, 3.05) is 26.2 Å². The van der Waals surface area contributed by atoms with Crippen molar-refractivity contribution in [2.45, 2.75) is 40.5 Å². The van der Waals surface area contributed by atoms with Gasteiger partial charge in [-0.2, -0.15) is 12.7 Å². The predicted octanol–water partition coefficient (Wildman–Crippen LogP) is 1.60. The zero-order valence-corrected chi connectivity index (χ0v) is 14.2. The van der Waals surface area contributed by atoms with Gasteiger partial charge in [0.1, 0.15) is 0 Å². The summed E-state index contributed by atoms with van der Waals surface area (Å²) >= 11 is 0. The highest BCUT2D eigenvalue weighted by Crippen LogP contribution is 2.09. The molecule has 0 aliphatic heterocycles. The number of rotatable bonds is 10. The Kier molecular flexibility index (Phi) is 12.2. The number of nitrogens with one attached hydrogen (secondary N) is 1. The quantitative estimate of drug-likeness (QED) is 0.643. The maximum atomic E-state index is 12.1. The van der Waals surface area contributed by atoms with Crippen molar-refractivity contribution in [2.24, 2.45) is 17.6 Å². The molecular weight excluding hydrogens is 286 g/mol. The summed E-state index contributed by atoms with van der Waals surface area (Å²) < 4.78 is 28.2. The zero-order chi connectivity index (χ0) is 14.2. The average Bonchev–Trinajstić information content (AvgIpc) is 2.25. The summed E-state index contributed by atoms with van der Waals surface area (Å²) in [6, 6.07) is 0. The van der Waals surface area contributed by atoms with Crippen LogP contribution < -0.4 is 10.5 Å². The SMILES string of the molecule is CC(C)CCN(CCC(C)C)S(=O)(=O)NCCN.Cl. The standard InChI is InChI=1S/C12H29N3O2S.ClH/c1-11(2)5-9-15(10-6-12(3)4)18(16,17)14-8-7-13;/h11-12,14H,5-10,13H2,1-4H3;1H. The van der Waals surface area contributed by atoms with Crippen molar-refractivity contribution in [3.8, 4) is 0 Å². The summed E-state index contributed by atoms with van der Waals surface area (Å²) in [5.74, 6) is 0.993. The second kappa shape index (κ2) is 10.9. The molecule has 118 valence electrons. The van der Waals surface area contributed by atoms with Gasteiger partial charge >= 0.3 is 0 Å². The zero-order valence-electron chi connectivity index (χ0n) is 12.6. The molecule has 0 bridgehead atoms. The Labute approximate surface area is 124 Å². The number of hydrogen-bond acceptors (Lipinski definition) is 3. The molecule has 0 radical (unpaired) electrons. The Morgan fingerprint density at radius 2 is 1.47 bits per heavy atom. The van der Waals surface area contributed by atoms with Gasteiger partial charge in [-0.3, -0.25) is 0 Å². The number of halogens is 1. The lowest BCUT2D eigenvalue weighted by molar-refractivity contribution is 0.352. The Hall–Kier alpha value is 0.120. The smallest absolute Gasteiger partial charge is 0.279 e. The molecule has 0 atom stereocenters. The van der Waals surface area contributed by atoms with Crippen molar-refractivity contribution >= 4 is 22.6 Å². The van der Waals surface area contributed by atoms with E-state index in [0.29, 0.717) is 38.0 Å². The summed E-state index contributed by atoms with van der Waals surface area (Å²) in [6.45, 7) is 10.2. The molecule has 0 heterocycles. The Bertz CT molecular complexity index is 296. The number of nitrogens with two attached hydrogens (primary N) is 1. The van der Waals surface area contributed by atoms with Gasteiger partial charge in [0, 0.05) is 26.2 Å². The van der Waals surface area contributed by atoms with E-state index in [4.69, 9.17) is 5.73 Å². The number of nitrogens with zero attached hydrogens (tertiary/aromatic N) is 1. The van der Waals surface area contributed by atoms with Gasteiger partial charge in [0.25, 0.3) is 10.2 Å². The molecule has 0 aromatic heterocycles. The van der Waals surface area contributed by atoms with Crippen LogP contribution in [-0.4, -0.2) is 38.9 Å². The first-order chi connectivity index (χ1) is 8.29. The molecule has 19 heavy (non-hydrogen) atoms. The lowest BCUT2D eigenvalue weighted by Gasteiger charge is -2.24. The van der Waals surface area contributed by atoms with Crippen molar-refractivity contribution in [3.63, 3.8) is 0 Å². The molecule has 0 amide bonds. The molecule has 0 rings (SSSR count). The summed E-state index contributed by atoms with van der Waals surface area (Å²) in [4.78, 5) is 0. The first-order valence-corrected chi connectivity index (χ1v) is 8.18. The highest BCUT2D eigenvalue weighted by atomic mass is 35.5. The minimum absolute atomic E-state index is 0. The van der Waals surface area contributed by atoms with E-state index < -0.39 is 10.2 Å². The molecule has 3 N–H and O–H groups in total. The van der Waals surface area contributed by atoms with E-state index in [0.717, 1.165) is 12.8 Å². The maximum absolute atomic E-state index is 12.1. The van der Waals surface area contributed by atoms with Gasteiger partial charge in [-0.15, -0.1) is 12.4 Å². The van der Waals surface area contributed by atoms with Crippen molar-refractivity contribution in [1.29, 1.82) is 0 Å². The normalized spacial score (nSPS) is 12.2. The molecule has 7 heteroatoms. The molecule has 5 nitrogen and oxygen atoms in total. The maximum Gasteiger partial charge on any atom is 0.279 e. The fourth-order valence-electron chi connectivity index (χ4n) is 1.44. The van der Waals surface area contributed by atoms with Gasteiger partial charge in [-0.05, 0) is 24.7 Å². The molecule has 0 aromatic rings. The van der Waals surface area contributed by atoms with Crippen LogP contribution in [0.2, 0.25) is 0 Å². The minimum Gasteiger partial charge on any atom is -0.329 e. The van der Waals surface area contributed by atoms with Gasteiger partial charge in [-0.25, -0.2) is 4.72 Å². The molecule has 0 saturated heterocycles. The highest BCUT2D eigenvalue weighted by Gasteiger charge is 2.21. The fourth-order valence-corrected chi connectivity index (χ4v) is 2.69. The molecule has 0 spiro atoms. The van der Waals surface area contributed by atoms with Crippen molar-refractivity contribution in [1.82, 2.24) is 9.03 Å². The van der Waals surface area contributed by atoms with E-state index in [1.165, 1.54) is 0 Å². The molecule has 0 saturated carbocycles. The third kappa shape index (κ3) is 10.6. The fraction of sp³-hybridized carbons (Fsp3) is 1.00. The molecule has 0 fully saturated rings. The Morgan fingerprint density at radius 3 is 1.79 bits per heavy atom. The minimum atomic E-state index is -3.37. The van der Waals surface area contributed by atoms with Crippen LogP contribution in [0.3, 0.4) is 0 Å². The van der Waals surface area contributed by atoms with Crippen molar-refractivity contribution < 1.29 is 8.42 Å². The lowest BCUT2D eigenvalue weighted by atomic mass is 10.1. The van der Waals surface area contributed by atoms with E-state index in [1.807, 2.05) is 0 Å². The van der Waals surface area contributed by atoms with Crippen LogP contribution in [0.25, 0.3) is 0 Å². The Balaban J connectivity index is 0. The van der Waals surface area contributed by atoms with Crippen molar-refractivity contribution in [3.05, 3.63) is 0 Å². The first kappa shape index (κ1) is 21.4. The van der Waals surface area contributed by atoms with E-state index in [1.54, 1.807) is 4.31 Å². The monoisotopic (exact) mass is 315 g/mol. The number of hydrogen-bond donors (Lipinski definition) is 2. The molecule has 0 unspecified atom stereocenters. The van der Waals surface area contributed by atoms with Gasteiger partial charge in [0.05, 0.1) is 0 Å². The second-order valence-corrected chi connectivity index (χ2v) is 7.21. The third-order valence-corrected chi connectivity index (χ3v) is 4.29. The van der Waals surface area contributed by atoms with Crippen LogP contribution >= 0.6 is 12.4 Å². The van der Waals surface area contributed by atoms with Crippen LogP contribution in [-0.2, 0) is 10.2 Å². The Morgan fingerprint density at radius 1 is 1.05 bits per heavy atom. The molecule has 0 aromatic carbocycles. The first-order valence-electron chi connectivity index (χ1n) is 6.74. The van der Waals surface area contributed by atoms with E-state index >= 15 is 0 Å². The average molecular weight is 316 g/mol. The van der Waals surface area contributed by atoms with Crippen LogP contribution in [0.4, 0.5) is 0 Å². The summed E-state index contributed by atoms with van der Waals surface area (Å²) in [5.41, 5.74) is 5.33.